The number of H-pyrrole nitrogens is 2. The Hall–Kier alpha value is -9.12. The number of phenols is 1. The molecule has 29 nitrogen and oxygen atoms in total. The molecule has 8 atom stereocenters. The third-order valence-corrected chi connectivity index (χ3v) is 14.1. The zero-order valence-corrected chi connectivity index (χ0v) is 46.9. The van der Waals surface area contributed by atoms with Crippen LogP contribution in [0.1, 0.15) is 75.7 Å². The Labute approximate surface area is 484 Å². The molecule has 4 aromatic rings. The molecule has 29 heteroatoms. The van der Waals surface area contributed by atoms with Crippen LogP contribution in [-0.2, 0) is 67.2 Å². The minimum Gasteiger partial charge on any atom is -0.508 e. The van der Waals surface area contributed by atoms with Crippen LogP contribution < -0.4 is 65.1 Å². The molecule has 0 unspecified atom stereocenters. The molecule has 2 saturated heterocycles. The lowest BCUT2D eigenvalue weighted by Gasteiger charge is -2.30. The summed E-state index contributed by atoms with van der Waals surface area (Å²) in [4.78, 5) is 152. The van der Waals surface area contributed by atoms with Gasteiger partial charge in [0, 0.05) is 61.8 Å². The highest BCUT2D eigenvalue weighted by Gasteiger charge is 2.39. The number of aromatic nitrogens is 3. The number of guanidine groups is 1. The number of likely N-dealkylation sites (tertiary alicyclic amines) is 1. The number of amides is 10. The summed E-state index contributed by atoms with van der Waals surface area (Å²) in [5.41, 5.74) is 18.0. The number of imidazole rings is 1. The second-order valence-corrected chi connectivity index (χ2v) is 21.1. The summed E-state index contributed by atoms with van der Waals surface area (Å²) >= 11 is 0. The highest BCUT2D eigenvalue weighted by atomic mass is 16.3. The van der Waals surface area contributed by atoms with Crippen LogP contribution in [0.4, 0.5) is 0 Å². The van der Waals surface area contributed by atoms with E-state index in [0.29, 0.717) is 36.3 Å². The molecule has 0 spiro atoms. The van der Waals surface area contributed by atoms with Crippen LogP contribution in [0, 0.1) is 5.92 Å². The second kappa shape index (κ2) is 31.4. The van der Waals surface area contributed by atoms with E-state index in [1.807, 2.05) is 18.2 Å². The molecule has 84 heavy (non-hydrogen) atoms. The molecule has 2 aromatic carbocycles. The van der Waals surface area contributed by atoms with Gasteiger partial charge in [0.2, 0.25) is 59.1 Å². The SMILES string of the molecule is CC(C)C[C@H](NC(=O)CNC(=O)[C@H](Cc1ccc(O)cc1)NC(=O)[C@H](CO)NC(=O)[C@H](Cc1c[nH]c2ccccc12)NC(=O)[C@H](Cc1ncc[nH]1)NC(=O)[C@H]1CCCN1)C(=O)N[C@@H](CCCN=C(N)N)C(=O)N1CCC[C@H]1C(=O)NCC(N)=O. The van der Waals surface area contributed by atoms with Crippen molar-refractivity contribution in [2.24, 2.45) is 28.1 Å². The number of nitrogens with zero attached hydrogens (tertiary/aromatic N) is 3. The Morgan fingerprint density at radius 1 is 0.714 bits per heavy atom. The maximum atomic E-state index is 14.4. The number of nitrogens with one attached hydrogen (secondary N) is 11. The standard InChI is InChI=1S/C55H77N17O12/c1-30(2)22-38(49(79)67-37(11-6-18-62-55(57)58)54(84)72-21-7-12-43(72)53(83)64-27-44(56)75)66-46(76)28-65-47(77)39(23-31-13-15-33(74)16-14-31)68-52(82)42(29-73)71-50(80)40(24-32-26-63-35-9-4-3-8-34(32)35)69-51(81)41(25-45-60-19-20-61-45)70-48(78)36-10-5-17-59-36/h3-4,8-9,13-16,19-20,26,30,36-43,59,63,73-74H,5-7,10-12,17-18,21-25,27-29H2,1-2H3,(H2,56,75)(H,60,61)(H,64,83)(H,65,77)(H,66,76)(H,67,79)(H,68,82)(H,69,81)(H,70,78)(H,71,80)(H4,57,58,62)/t36-,37+,38+,39+,40+,41+,42+,43+/m1/s1. The topological polar surface area (TPSA) is 458 Å². The van der Waals surface area contributed by atoms with Crippen molar-refractivity contribution in [2.75, 3.05) is 39.3 Å². The van der Waals surface area contributed by atoms with Crippen molar-refractivity contribution in [3.05, 3.63) is 84.1 Å². The molecule has 2 fully saturated rings. The summed E-state index contributed by atoms with van der Waals surface area (Å²) in [5.74, 6) is -7.70. The number of benzene rings is 2. The monoisotopic (exact) mass is 1170 g/mol. The number of aromatic hydroxyl groups is 1. The zero-order valence-electron chi connectivity index (χ0n) is 46.9. The number of primary amides is 1. The van der Waals surface area contributed by atoms with Crippen LogP contribution in [0.15, 0.2) is 72.1 Å². The highest BCUT2D eigenvalue weighted by Crippen LogP contribution is 2.22. The summed E-state index contributed by atoms with van der Waals surface area (Å²) in [6, 6.07) is 3.12. The Kier molecular flexibility index (Phi) is 23.9. The van der Waals surface area contributed by atoms with Crippen LogP contribution in [0.5, 0.6) is 5.75 Å². The van der Waals surface area contributed by atoms with Gasteiger partial charge < -0.3 is 90.1 Å². The molecule has 454 valence electrons. The fourth-order valence-electron chi connectivity index (χ4n) is 9.88. The molecule has 2 aliphatic rings. The molecular formula is C55H77N17O12. The number of aliphatic hydroxyl groups is 1. The van der Waals surface area contributed by atoms with E-state index in [4.69, 9.17) is 17.2 Å². The molecular weight excluding hydrogens is 1090 g/mol. The molecule has 10 amide bonds. The third kappa shape index (κ3) is 19.2. The summed E-state index contributed by atoms with van der Waals surface area (Å²) < 4.78 is 0. The van der Waals surface area contributed by atoms with Crippen molar-refractivity contribution in [3.63, 3.8) is 0 Å². The molecule has 0 aliphatic carbocycles. The number of hydrogen-bond donors (Lipinski definition) is 16. The van der Waals surface area contributed by atoms with E-state index < -0.39 is 127 Å². The largest absolute Gasteiger partial charge is 0.508 e. The minimum absolute atomic E-state index is 0.0238. The first-order valence-electron chi connectivity index (χ1n) is 27.9. The Morgan fingerprint density at radius 2 is 1.38 bits per heavy atom. The van der Waals surface area contributed by atoms with E-state index in [1.165, 1.54) is 35.4 Å². The average Bonchev–Trinajstić information content (AvgIpc) is 4.15. The van der Waals surface area contributed by atoms with E-state index in [0.717, 1.165) is 17.3 Å². The number of nitrogens with two attached hydrogens (primary N) is 3. The normalized spacial score (nSPS) is 16.9. The van der Waals surface area contributed by atoms with Crippen molar-refractivity contribution in [2.45, 2.75) is 126 Å². The number of aliphatic hydroxyl groups excluding tert-OH is 1. The van der Waals surface area contributed by atoms with Crippen molar-refractivity contribution >= 4 is 75.9 Å². The van der Waals surface area contributed by atoms with Gasteiger partial charge in [0.15, 0.2) is 5.96 Å². The van der Waals surface area contributed by atoms with Crippen molar-refractivity contribution in [1.29, 1.82) is 0 Å². The molecule has 6 rings (SSSR count). The number of fused-ring (bicyclic) bond motifs is 1. The Balaban J connectivity index is 1.16. The molecule has 0 saturated carbocycles. The van der Waals surface area contributed by atoms with E-state index in [2.05, 4.69) is 67.8 Å². The molecule has 4 heterocycles. The highest BCUT2D eigenvalue weighted by molar-refractivity contribution is 5.98. The summed E-state index contributed by atoms with van der Waals surface area (Å²) in [5, 5.41) is 45.3. The van der Waals surface area contributed by atoms with Crippen LogP contribution in [0.25, 0.3) is 10.9 Å². The van der Waals surface area contributed by atoms with Crippen LogP contribution in [0.3, 0.4) is 0 Å². The van der Waals surface area contributed by atoms with Crippen molar-refractivity contribution in [1.82, 2.24) is 67.7 Å². The van der Waals surface area contributed by atoms with Gasteiger partial charge in [-0.25, -0.2) is 4.98 Å². The lowest BCUT2D eigenvalue weighted by molar-refractivity contribution is -0.142. The van der Waals surface area contributed by atoms with E-state index in [-0.39, 0.29) is 75.7 Å². The van der Waals surface area contributed by atoms with Crippen LogP contribution >= 0.6 is 0 Å². The number of aliphatic imine (C=N–C) groups is 1. The van der Waals surface area contributed by atoms with E-state index >= 15 is 0 Å². The molecule has 19 N–H and O–H groups in total. The molecule has 2 aromatic heterocycles. The van der Waals surface area contributed by atoms with Gasteiger partial charge in [-0.3, -0.25) is 52.9 Å². The number of carbonyl (C=O) groups is 10. The predicted octanol–water partition coefficient (Wildman–Crippen LogP) is -3.91. The average molecular weight is 1170 g/mol. The maximum Gasteiger partial charge on any atom is 0.245 e. The molecule has 0 radical (unpaired) electrons. The second-order valence-electron chi connectivity index (χ2n) is 21.1. The van der Waals surface area contributed by atoms with Gasteiger partial charge in [0.05, 0.1) is 25.7 Å². The van der Waals surface area contributed by atoms with Gasteiger partial charge in [-0.1, -0.05) is 44.2 Å². The molecule has 0 bridgehead atoms. The van der Waals surface area contributed by atoms with Crippen LogP contribution in [-0.4, -0.2) is 183 Å². The smallest absolute Gasteiger partial charge is 0.245 e. The first-order valence-corrected chi connectivity index (χ1v) is 27.9. The van der Waals surface area contributed by atoms with E-state index in [9.17, 15) is 58.2 Å². The third-order valence-electron chi connectivity index (χ3n) is 14.1. The first kappa shape index (κ1) is 64.1. The fraction of sp³-hybridized carbons (Fsp3) is 0.491. The number of para-hydroxylation sites is 1. The Bertz CT molecular complexity index is 2960. The maximum absolute atomic E-state index is 14.4. The summed E-state index contributed by atoms with van der Waals surface area (Å²) in [6.07, 6.45) is 6.65. The Morgan fingerprint density at radius 3 is 2.04 bits per heavy atom. The lowest BCUT2D eigenvalue weighted by Crippen LogP contribution is -2.60. The number of carbonyl (C=O) groups excluding carboxylic acids is 10. The van der Waals surface area contributed by atoms with Gasteiger partial charge in [0.1, 0.15) is 53.9 Å². The fourth-order valence-corrected chi connectivity index (χ4v) is 9.88. The predicted molar refractivity (Wildman–Crippen MR) is 305 cm³/mol. The summed E-state index contributed by atoms with van der Waals surface area (Å²) in [7, 11) is 0. The number of rotatable bonds is 31. The van der Waals surface area contributed by atoms with E-state index in [1.54, 1.807) is 32.3 Å². The van der Waals surface area contributed by atoms with Crippen LogP contribution in [0.2, 0.25) is 0 Å². The first-order chi connectivity index (χ1) is 40.2. The lowest BCUT2D eigenvalue weighted by atomic mass is 10.0. The number of phenolic OH excluding ortho intramolecular Hbond substituents is 1. The number of aromatic amines is 2. The van der Waals surface area contributed by atoms with Gasteiger partial charge in [0.25, 0.3) is 0 Å². The van der Waals surface area contributed by atoms with Crippen molar-refractivity contribution < 1.29 is 58.2 Å². The van der Waals surface area contributed by atoms with Gasteiger partial charge in [-0.15, -0.1) is 0 Å². The minimum atomic E-state index is -1.72. The van der Waals surface area contributed by atoms with Gasteiger partial charge in [-0.2, -0.15) is 0 Å². The quantitative estimate of drug-likeness (QED) is 0.0130. The van der Waals surface area contributed by atoms with Gasteiger partial charge in [-0.05, 0) is 86.7 Å². The number of hydrogen-bond acceptors (Lipinski definition) is 15. The molecule has 2 aliphatic heterocycles. The van der Waals surface area contributed by atoms with Crippen molar-refractivity contribution in [3.8, 4) is 5.75 Å². The van der Waals surface area contributed by atoms with Gasteiger partial charge >= 0.3 is 0 Å². The summed E-state index contributed by atoms with van der Waals surface area (Å²) in [6.45, 7) is 2.32. The zero-order chi connectivity index (χ0) is 60.9.